The number of piperidine rings is 1. The number of likely N-dealkylation sites (tertiary alicyclic amines) is 1. The minimum Gasteiger partial charge on any atom is -0.467 e. The Bertz CT molecular complexity index is 342. The third-order valence-corrected chi connectivity index (χ3v) is 3.14. The maximum absolute atomic E-state index is 12.0. The third kappa shape index (κ3) is 4.54. The van der Waals surface area contributed by atoms with Crippen LogP contribution in [0.1, 0.15) is 39.0 Å². The normalized spacial score (nSPS) is 18.8. The van der Waals surface area contributed by atoms with Gasteiger partial charge in [-0.3, -0.25) is 9.59 Å². The molecule has 0 unspecified atom stereocenters. The first-order valence-electron chi connectivity index (χ1n) is 6.63. The number of carbonyl (C=O) groups is 3. The van der Waals surface area contributed by atoms with Crippen LogP contribution in [0.5, 0.6) is 0 Å². The lowest BCUT2D eigenvalue weighted by atomic mass is 10.0. The molecule has 0 aliphatic carbocycles. The molecule has 0 bridgehead atoms. The largest absolute Gasteiger partial charge is 0.467 e. The van der Waals surface area contributed by atoms with Gasteiger partial charge >= 0.3 is 11.9 Å². The summed E-state index contributed by atoms with van der Waals surface area (Å²) < 4.78 is 9.48. The first-order valence-corrected chi connectivity index (χ1v) is 6.63. The van der Waals surface area contributed by atoms with Gasteiger partial charge in [0.05, 0.1) is 20.1 Å². The zero-order chi connectivity index (χ0) is 14.3. The van der Waals surface area contributed by atoms with Crippen LogP contribution in [-0.2, 0) is 23.9 Å². The van der Waals surface area contributed by atoms with Crippen molar-refractivity contribution < 1.29 is 23.9 Å². The Balaban J connectivity index is 2.52. The van der Waals surface area contributed by atoms with E-state index in [0.717, 1.165) is 12.8 Å². The van der Waals surface area contributed by atoms with Crippen LogP contribution >= 0.6 is 0 Å². The molecule has 1 aliphatic heterocycles. The topological polar surface area (TPSA) is 72.9 Å². The van der Waals surface area contributed by atoms with Gasteiger partial charge in [-0.2, -0.15) is 0 Å². The summed E-state index contributed by atoms with van der Waals surface area (Å²) in [5, 5.41) is 0. The molecule has 0 saturated carbocycles. The van der Waals surface area contributed by atoms with Crippen molar-refractivity contribution in [3.8, 4) is 0 Å². The maximum Gasteiger partial charge on any atom is 0.328 e. The summed E-state index contributed by atoms with van der Waals surface area (Å²) in [6.45, 7) is 2.57. The third-order valence-electron chi connectivity index (χ3n) is 3.14. The van der Waals surface area contributed by atoms with Crippen LogP contribution in [0.15, 0.2) is 0 Å². The van der Waals surface area contributed by atoms with Crippen molar-refractivity contribution in [3.63, 3.8) is 0 Å². The smallest absolute Gasteiger partial charge is 0.328 e. The van der Waals surface area contributed by atoms with Gasteiger partial charge in [0.2, 0.25) is 5.91 Å². The Morgan fingerprint density at radius 2 is 1.95 bits per heavy atom. The Labute approximate surface area is 113 Å². The summed E-state index contributed by atoms with van der Waals surface area (Å²) in [6, 6.07) is -0.506. The zero-order valence-corrected chi connectivity index (χ0v) is 11.5. The molecule has 6 heteroatoms. The highest BCUT2D eigenvalue weighted by atomic mass is 16.5. The molecule has 1 rings (SSSR count). The Morgan fingerprint density at radius 3 is 2.58 bits per heavy atom. The highest BCUT2D eigenvalue weighted by Crippen LogP contribution is 2.19. The summed E-state index contributed by atoms with van der Waals surface area (Å²) in [7, 11) is 1.32. The lowest BCUT2D eigenvalue weighted by Gasteiger charge is -2.33. The van der Waals surface area contributed by atoms with Crippen molar-refractivity contribution in [1.29, 1.82) is 0 Å². The molecule has 1 aliphatic rings. The van der Waals surface area contributed by atoms with E-state index in [1.165, 1.54) is 12.0 Å². The van der Waals surface area contributed by atoms with E-state index in [0.29, 0.717) is 19.6 Å². The van der Waals surface area contributed by atoms with Crippen LogP contribution in [0, 0.1) is 0 Å². The number of ether oxygens (including phenoxy) is 2. The van der Waals surface area contributed by atoms with E-state index in [1.54, 1.807) is 6.92 Å². The van der Waals surface area contributed by atoms with Gasteiger partial charge in [0.15, 0.2) is 0 Å². The second kappa shape index (κ2) is 7.76. The molecule has 1 heterocycles. The lowest BCUT2D eigenvalue weighted by Crippen LogP contribution is -2.48. The van der Waals surface area contributed by atoms with E-state index in [9.17, 15) is 14.4 Å². The number of nitrogens with zero attached hydrogens (tertiary/aromatic N) is 1. The van der Waals surface area contributed by atoms with Gasteiger partial charge in [-0.05, 0) is 26.2 Å². The van der Waals surface area contributed by atoms with E-state index in [-0.39, 0.29) is 30.7 Å². The summed E-state index contributed by atoms with van der Waals surface area (Å²) in [4.78, 5) is 36.4. The fourth-order valence-corrected chi connectivity index (χ4v) is 2.20. The first-order chi connectivity index (χ1) is 9.10. The molecule has 0 aromatic rings. The van der Waals surface area contributed by atoms with E-state index < -0.39 is 6.04 Å². The van der Waals surface area contributed by atoms with Gasteiger partial charge in [-0.25, -0.2) is 4.79 Å². The molecule has 108 valence electrons. The number of methoxy groups -OCH3 is 1. The fourth-order valence-electron chi connectivity index (χ4n) is 2.20. The van der Waals surface area contributed by atoms with E-state index >= 15 is 0 Å². The molecular weight excluding hydrogens is 250 g/mol. The number of carbonyl (C=O) groups excluding carboxylic acids is 3. The molecule has 0 N–H and O–H groups in total. The molecule has 6 nitrogen and oxygen atoms in total. The maximum atomic E-state index is 12.0. The summed E-state index contributed by atoms with van der Waals surface area (Å²) in [5.74, 6) is -0.963. The average molecular weight is 271 g/mol. The first kappa shape index (κ1) is 15.5. The predicted octanol–water partition coefficient (Wildman–Crippen LogP) is 0.884. The van der Waals surface area contributed by atoms with E-state index in [4.69, 9.17) is 9.47 Å². The van der Waals surface area contributed by atoms with E-state index in [1.807, 2.05) is 0 Å². The summed E-state index contributed by atoms with van der Waals surface area (Å²) in [5.41, 5.74) is 0. The van der Waals surface area contributed by atoms with Gasteiger partial charge in [0, 0.05) is 13.0 Å². The molecule has 19 heavy (non-hydrogen) atoms. The monoisotopic (exact) mass is 271 g/mol. The molecular formula is C13H21NO5. The van der Waals surface area contributed by atoms with Gasteiger partial charge in [0.25, 0.3) is 0 Å². The minimum atomic E-state index is -0.506. The fraction of sp³-hybridized carbons (Fsp3) is 0.769. The van der Waals surface area contributed by atoms with Crippen LogP contribution in [0.4, 0.5) is 0 Å². The Kier molecular flexibility index (Phi) is 6.32. The van der Waals surface area contributed by atoms with E-state index in [2.05, 4.69) is 0 Å². The summed E-state index contributed by atoms with van der Waals surface area (Å²) >= 11 is 0. The Morgan fingerprint density at radius 1 is 1.21 bits per heavy atom. The number of hydrogen-bond donors (Lipinski definition) is 0. The van der Waals surface area contributed by atoms with Gasteiger partial charge in [0.1, 0.15) is 6.04 Å². The van der Waals surface area contributed by atoms with Crippen LogP contribution in [0.25, 0.3) is 0 Å². The summed E-state index contributed by atoms with van der Waals surface area (Å²) in [6.07, 6.45) is 2.53. The van der Waals surface area contributed by atoms with Gasteiger partial charge in [-0.15, -0.1) is 0 Å². The molecule has 1 atom stereocenters. The second-order valence-electron chi connectivity index (χ2n) is 4.43. The standard InChI is InChI=1S/C13H21NO5/c1-3-19-12(16)8-7-11(15)14-9-5-4-6-10(14)13(17)18-2/h10H,3-9H2,1-2H3/t10-/m1/s1. The van der Waals surface area contributed by atoms with Gasteiger partial charge in [-0.1, -0.05) is 0 Å². The van der Waals surface area contributed by atoms with Crippen LogP contribution in [-0.4, -0.2) is 49.0 Å². The molecule has 0 spiro atoms. The predicted molar refractivity (Wildman–Crippen MR) is 67.2 cm³/mol. The van der Waals surface area contributed by atoms with Crippen molar-refractivity contribution in [3.05, 3.63) is 0 Å². The SMILES string of the molecule is CCOC(=O)CCC(=O)N1CCCC[C@@H]1C(=O)OC. The van der Waals surface area contributed by atoms with Crippen molar-refractivity contribution >= 4 is 17.8 Å². The van der Waals surface area contributed by atoms with Crippen LogP contribution in [0.2, 0.25) is 0 Å². The minimum absolute atomic E-state index is 0.0526. The van der Waals surface area contributed by atoms with Crippen molar-refractivity contribution in [2.45, 2.75) is 45.1 Å². The number of amides is 1. The zero-order valence-electron chi connectivity index (χ0n) is 11.5. The lowest BCUT2D eigenvalue weighted by molar-refractivity contribution is -0.155. The molecule has 1 fully saturated rings. The number of esters is 2. The quantitative estimate of drug-likeness (QED) is 0.694. The molecule has 1 saturated heterocycles. The van der Waals surface area contributed by atoms with Gasteiger partial charge < -0.3 is 14.4 Å². The van der Waals surface area contributed by atoms with Crippen molar-refractivity contribution in [1.82, 2.24) is 4.90 Å². The van der Waals surface area contributed by atoms with Crippen molar-refractivity contribution in [2.24, 2.45) is 0 Å². The highest BCUT2D eigenvalue weighted by molar-refractivity contribution is 5.86. The highest BCUT2D eigenvalue weighted by Gasteiger charge is 2.32. The molecule has 0 aromatic heterocycles. The molecule has 0 aromatic carbocycles. The Hall–Kier alpha value is -1.59. The molecule has 0 radical (unpaired) electrons. The average Bonchev–Trinajstić information content (AvgIpc) is 2.44. The molecule has 1 amide bonds. The second-order valence-corrected chi connectivity index (χ2v) is 4.43. The van der Waals surface area contributed by atoms with Crippen LogP contribution < -0.4 is 0 Å². The number of hydrogen-bond acceptors (Lipinski definition) is 5. The number of rotatable bonds is 5. The van der Waals surface area contributed by atoms with Crippen molar-refractivity contribution in [2.75, 3.05) is 20.3 Å². The van der Waals surface area contributed by atoms with Crippen LogP contribution in [0.3, 0.4) is 0 Å².